The summed E-state index contributed by atoms with van der Waals surface area (Å²) in [5.41, 5.74) is 1.05. The Morgan fingerprint density at radius 1 is 1.36 bits per heavy atom. The third-order valence-electron chi connectivity index (χ3n) is 4.63. The molecule has 0 spiro atoms. The van der Waals surface area contributed by atoms with E-state index in [0.29, 0.717) is 12.5 Å². The minimum absolute atomic E-state index is 0.248. The number of carbonyl (C=O) groups excluding carboxylic acids is 1. The lowest BCUT2D eigenvalue weighted by molar-refractivity contribution is -0.134. The number of carbonyl (C=O) groups is 1. The first-order valence-electron chi connectivity index (χ1n) is 8.21. The maximum atomic E-state index is 12.5. The average Bonchev–Trinajstić information content (AvgIpc) is 2.87. The molecule has 2 fully saturated rings. The highest BCUT2D eigenvalue weighted by Crippen LogP contribution is 2.26. The van der Waals surface area contributed by atoms with E-state index >= 15 is 0 Å². The lowest BCUT2D eigenvalue weighted by atomic mass is 9.97. The minimum atomic E-state index is 0.248. The SMILES string of the molecule is Cc1cn(C)c([C@H]2CCCN(C(=O)CN3CCOCC3)C2)n1. The molecule has 0 saturated carbocycles. The first-order valence-corrected chi connectivity index (χ1v) is 8.21. The lowest BCUT2D eigenvalue weighted by Crippen LogP contribution is -2.47. The number of imidazole rings is 1. The molecule has 1 amide bonds. The predicted octanol–water partition coefficient (Wildman–Crippen LogP) is 0.767. The number of likely N-dealkylation sites (tertiary alicyclic amines) is 1. The molecule has 1 atom stereocenters. The molecule has 0 aliphatic carbocycles. The van der Waals surface area contributed by atoms with Crippen LogP contribution in [-0.4, -0.2) is 71.2 Å². The van der Waals surface area contributed by atoms with Gasteiger partial charge in [-0.15, -0.1) is 0 Å². The molecule has 0 N–H and O–H groups in total. The molecule has 22 heavy (non-hydrogen) atoms. The van der Waals surface area contributed by atoms with Crippen LogP contribution < -0.4 is 0 Å². The van der Waals surface area contributed by atoms with E-state index in [-0.39, 0.29) is 5.91 Å². The molecule has 1 aromatic rings. The van der Waals surface area contributed by atoms with Crippen molar-refractivity contribution >= 4 is 5.91 Å². The summed E-state index contributed by atoms with van der Waals surface area (Å²) in [6, 6.07) is 0. The molecule has 0 radical (unpaired) electrons. The highest BCUT2D eigenvalue weighted by atomic mass is 16.5. The van der Waals surface area contributed by atoms with Crippen molar-refractivity contribution in [1.29, 1.82) is 0 Å². The van der Waals surface area contributed by atoms with Gasteiger partial charge in [0.1, 0.15) is 5.82 Å². The number of nitrogens with zero attached hydrogens (tertiary/aromatic N) is 4. The molecule has 2 aliphatic rings. The molecule has 0 bridgehead atoms. The molecule has 1 aromatic heterocycles. The van der Waals surface area contributed by atoms with Gasteiger partial charge in [0.2, 0.25) is 5.91 Å². The van der Waals surface area contributed by atoms with Crippen molar-refractivity contribution in [3.05, 3.63) is 17.7 Å². The quantitative estimate of drug-likeness (QED) is 0.827. The van der Waals surface area contributed by atoms with Crippen LogP contribution in [0, 0.1) is 6.92 Å². The van der Waals surface area contributed by atoms with Crippen LogP contribution in [0.15, 0.2) is 6.20 Å². The number of aromatic nitrogens is 2. The lowest BCUT2D eigenvalue weighted by Gasteiger charge is -2.34. The molecule has 122 valence electrons. The summed E-state index contributed by atoms with van der Waals surface area (Å²) in [4.78, 5) is 21.4. The van der Waals surface area contributed by atoms with Crippen molar-refractivity contribution < 1.29 is 9.53 Å². The first kappa shape index (κ1) is 15.5. The van der Waals surface area contributed by atoms with E-state index in [2.05, 4.69) is 20.6 Å². The van der Waals surface area contributed by atoms with Crippen molar-refractivity contribution in [3.8, 4) is 0 Å². The zero-order valence-electron chi connectivity index (χ0n) is 13.6. The Kier molecular flexibility index (Phi) is 4.78. The Morgan fingerprint density at radius 3 is 2.82 bits per heavy atom. The standard InChI is InChI=1S/C16H26N4O2/c1-13-10-18(2)16(17-13)14-4-3-5-20(11-14)15(21)12-19-6-8-22-9-7-19/h10,14H,3-9,11-12H2,1-2H3/t14-/m0/s1. The summed E-state index contributed by atoms with van der Waals surface area (Å²) >= 11 is 0. The Bertz CT molecular complexity index is 522. The second-order valence-corrected chi connectivity index (χ2v) is 6.42. The molecule has 6 nitrogen and oxygen atoms in total. The largest absolute Gasteiger partial charge is 0.379 e. The van der Waals surface area contributed by atoms with Gasteiger partial charge in [-0.25, -0.2) is 4.98 Å². The maximum absolute atomic E-state index is 12.5. The highest BCUT2D eigenvalue weighted by molar-refractivity contribution is 5.78. The van der Waals surface area contributed by atoms with Crippen molar-refractivity contribution in [2.45, 2.75) is 25.7 Å². The van der Waals surface area contributed by atoms with E-state index in [1.54, 1.807) is 0 Å². The fourth-order valence-electron chi connectivity index (χ4n) is 3.48. The van der Waals surface area contributed by atoms with E-state index < -0.39 is 0 Å². The van der Waals surface area contributed by atoms with Gasteiger partial charge >= 0.3 is 0 Å². The topological polar surface area (TPSA) is 50.6 Å². The van der Waals surface area contributed by atoms with Gasteiger partial charge < -0.3 is 14.2 Å². The molecular weight excluding hydrogens is 280 g/mol. The van der Waals surface area contributed by atoms with Gasteiger partial charge in [-0.1, -0.05) is 0 Å². The Hall–Kier alpha value is -1.40. The molecule has 2 saturated heterocycles. The van der Waals surface area contributed by atoms with E-state index in [9.17, 15) is 4.79 Å². The van der Waals surface area contributed by atoms with Crippen LogP contribution >= 0.6 is 0 Å². The molecule has 6 heteroatoms. The minimum Gasteiger partial charge on any atom is -0.379 e. The van der Waals surface area contributed by atoms with Gasteiger partial charge in [-0.05, 0) is 19.8 Å². The summed E-state index contributed by atoms with van der Waals surface area (Å²) in [5, 5.41) is 0. The number of piperidine rings is 1. The number of aryl methyl sites for hydroxylation is 2. The Labute approximate surface area is 132 Å². The van der Waals surface area contributed by atoms with Crippen molar-refractivity contribution in [2.75, 3.05) is 45.9 Å². The fourth-order valence-corrected chi connectivity index (χ4v) is 3.48. The summed E-state index contributed by atoms with van der Waals surface area (Å²) < 4.78 is 7.45. The van der Waals surface area contributed by atoms with Crippen LogP contribution in [-0.2, 0) is 16.6 Å². The molecule has 2 aliphatic heterocycles. The summed E-state index contributed by atoms with van der Waals surface area (Å²) in [5.74, 6) is 1.72. The van der Waals surface area contributed by atoms with E-state index in [1.165, 1.54) is 0 Å². The van der Waals surface area contributed by atoms with Crippen LogP contribution in [0.4, 0.5) is 0 Å². The third kappa shape index (κ3) is 3.50. The van der Waals surface area contributed by atoms with Crippen molar-refractivity contribution in [2.24, 2.45) is 7.05 Å². The monoisotopic (exact) mass is 306 g/mol. The van der Waals surface area contributed by atoms with Crippen molar-refractivity contribution in [3.63, 3.8) is 0 Å². The number of rotatable bonds is 3. The second-order valence-electron chi connectivity index (χ2n) is 6.42. The fraction of sp³-hybridized carbons (Fsp3) is 0.750. The zero-order chi connectivity index (χ0) is 15.5. The third-order valence-corrected chi connectivity index (χ3v) is 4.63. The van der Waals surface area contributed by atoms with E-state index in [1.807, 2.05) is 18.9 Å². The molecule has 0 unspecified atom stereocenters. The molecule has 3 heterocycles. The molecule has 3 rings (SSSR count). The van der Waals surface area contributed by atoms with Crippen LogP contribution in [0.1, 0.15) is 30.3 Å². The number of amides is 1. The number of morpholine rings is 1. The Morgan fingerprint density at radius 2 is 2.14 bits per heavy atom. The van der Waals surface area contributed by atoms with Crippen LogP contribution in [0.5, 0.6) is 0 Å². The van der Waals surface area contributed by atoms with Crippen LogP contribution in [0.2, 0.25) is 0 Å². The van der Waals surface area contributed by atoms with Gasteiger partial charge in [0.05, 0.1) is 25.5 Å². The highest BCUT2D eigenvalue weighted by Gasteiger charge is 2.28. The molecular formula is C16H26N4O2. The van der Waals surface area contributed by atoms with E-state index in [4.69, 9.17) is 4.74 Å². The van der Waals surface area contributed by atoms with Gasteiger partial charge in [-0.2, -0.15) is 0 Å². The van der Waals surface area contributed by atoms with Gasteiger partial charge in [0.15, 0.2) is 0 Å². The summed E-state index contributed by atoms with van der Waals surface area (Å²) in [6.45, 7) is 7.42. The number of hydrogen-bond acceptors (Lipinski definition) is 4. The van der Waals surface area contributed by atoms with Crippen molar-refractivity contribution in [1.82, 2.24) is 19.4 Å². The maximum Gasteiger partial charge on any atom is 0.236 e. The number of hydrogen-bond donors (Lipinski definition) is 0. The molecule has 0 aromatic carbocycles. The van der Waals surface area contributed by atoms with E-state index in [0.717, 1.165) is 63.8 Å². The predicted molar refractivity (Wildman–Crippen MR) is 83.8 cm³/mol. The van der Waals surface area contributed by atoms with Gasteiger partial charge in [0, 0.05) is 45.3 Å². The number of ether oxygens (including phenoxy) is 1. The first-order chi connectivity index (χ1) is 10.6. The average molecular weight is 306 g/mol. The summed E-state index contributed by atoms with van der Waals surface area (Å²) in [7, 11) is 2.05. The summed E-state index contributed by atoms with van der Waals surface area (Å²) in [6.07, 6.45) is 4.24. The van der Waals surface area contributed by atoms with Crippen LogP contribution in [0.3, 0.4) is 0 Å². The van der Waals surface area contributed by atoms with Gasteiger partial charge in [-0.3, -0.25) is 9.69 Å². The second kappa shape index (κ2) is 6.79. The normalized spacial score (nSPS) is 23.7. The Balaban J connectivity index is 1.60. The zero-order valence-corrected chi connectivity index (χ0v) is 13.6. The smallest absolute Gasteiger partial charge is 0.236 e. The van der Waals surface area contributed by atoms with Gasteiger partial charge in [0.25, 0.3) is 0 Å². The van der Waals surface area contributed by atoms with Crippen LogP contribution in [0.25, 0.3) is 0 Å².